The Morgan fingerprint density at radius 2 is 2.07 bits per heavy atom. The minimum absolute atomic E-state index is 0.0433. The molecule has 0 aromatic carbocycles. The monoisotopic (exact) mass is 402 g/mol. The number of rotatable bonds is 10. The molecule has 0 bridgehead atoms. The fourth-order valence-corrected chi connectivity index (χ4v) is 3.79. The summed E-state index contributed by atoms with van der Waals surface area (Å²) in [5.41, 5.74) is 8.84. The van der Waals surface area contributed by atoms with Crippen LogP contribution in [0.5, 0.6) is 0 Å². The maximum Gasteiger partial charge on any atom is 0.317 e. The highest BCUT2D eigenvalue weighted by Crippen LogP contribution is 2.42. The summed E-state index contributed by atoms with van der Waals surface area (Å²) >= 11 is 0. The van der Waals surface area contributed by atoms with Gasteiger partial charge in [0.15, 0.2) is 5.82 Å². The molecular formula is C21H34N6O2. The first-order chi connectivity index (χ1) is 14.0. The third-order valence-electron chi connectivity index (χ3n) is 5.69. The Hall–Kier alpha value is -2.35. The lowest BCUT2D eigenvalue weighted by Crippen LogP contribution is -2.41. The van der Waals surface area contributed by atoms with Gasteiger partial charge in [0.05, 0.1) is 18.7 Å². The van der Waals surface area contributed by atoms with Crippen molar-refractivity contribution < 1.29 is 9.53 Å². The number of carbonyl (C=O) groups is 1. The minimum Gasteiger partial charge on any atom is -0.382 e. The summed E-state index contributed by atoms with van der Waals surface area (Å²) < 4.78 is 8.03. The predicted molar refractivity (Wildman–Crippen MR) is 115 cm³/mol. The number of aryl methyl sites for hydroxylation is 1. The van der Waals surface area contributed by atoms with E-state index in [0.29, 0.717) is 57.0 Å². The van der Waals surface area contributed by atoms with Crippen molar-refractivity contribution in [2.45, 2.75) is 53.0 Å². The van der Waals surface area contributed by atoms with Crippen molar-refractivity contribution in [3.05, 3.63) is 17.6 Å². The highest BCUT2D eigenvalue weighted by Gasteiger charge is 2.32. The molecule has 1 unspecified atom stereocenters. The number of nitrogen functional groups attached to an aromatic ring is 1. The zero-order valence-electron chi connectivity index (χ0n) is 18.1. The number of nitrogens with zero attached hydrogens (tertiary/aromatic N) is 4. The lowest BCUT2D eigenvalue weighted by atomic mass is 10.1. The smallest absolute Gasteiger partial charge is 0.317 e. The van der Waals surface area contributed by atoms with Gasteiger partial charge in [-0.15, -0.1) is 0 Å². The highest BCUT2D eigenvalue weighted by atomic mass is 16.5. The van der Waals surface area contributed by atoms with E-state index in [9.17, 15) is 4.79 Å². The summed E-state index contributed by atoms with van der Waals surface area (Å²) in [6.45, 7) is 11.8. The van der Waals surface area contributed by atoms with Gasteiger partial charge < -0.3 is 25.3 Å². The molecule has 3 N–H and O–H groups in total. The molecule has 29 heavy (non-hydrogen) atoms. The van der Waals surface area contributed by atoms with Crippen molar-refractivity contribution in [3.63, 3.8) is 0 Å². The molecule has 1 atom stereocenters. The van der Waals surface area contributed by atoms with Crippen molar-refractivity contribution in [1.82, 2.24) is 24.8 Å². The van der Waals surface area contributed by atoms with Crippen LogP contribution in [-0.4, -0.2) is 58.3 Å². The van der Waals surface area contributed by atoms with E-state index in [2.05, 4.69) is 21.8 Å². The fraction of sp³-hybridized carbons (Fsp3) is 0.667. The molecule has 0 aliphatic heterocycles. The Morgan fingerprint density at radius 1 is 1.34 bits per heavy atom. The molecule has 0 saturated heterocycles. The molecule has 1 saturated carbocycles. The van der Waals surface area contributed by atoms with Gasteiger partial charge in [-0.05, 0) is 45.6 Å². The molecular weight excluding hydrogens is 368 g/mol. The molecule has 0 spiro atoms. The van der Waals surface area contributed by atoms with E-state index in [1.807, 2.05) is 26.8 Å². The van der Waals surface area contributed by atoms with Crippen LogP contribution in [0.25, 0.3) is 11.0 Å². The van der Waals surface area contributed by atoms with Gasteiger partial charge in [0.1, 0.15) is 11.3 Å². The number of fused-ring (bicyclic) bond motifs is 1. The van der Waals surface area contributed by atoms with Crippen LogP contribution in [0.1, 0.15) is 51.0 Å². The number of nitrogens with one attached hydrogen (secondary N) is 1. The Morgan fingerprint density at radius 3 is 2.72 bits per heavy atom. The summed E-state index contributed by atoms with van der Waals surface area (Å²) in [5, 5.41) is 2.89. The second-order valence-electron chi connectivity index (χ2n) is 7.78. The molecule has 1 aliphatic rings. The topological polar surface area (TPSA) is 98.3 Å². The number of anilines is 1. The fourth-order valence-electron chi connectivity index (χ4n) is 3.79. The third kappa shape index (κ3) is 4.98. The average molecular weight is 403 g/mol. The number of ether oxygens (including phenoxy) is 1. The average Bonchev–Trinajstić information content (AvgIpc) is 3.47. The Kier molecular flexibility index (Phi) is 6.95. The maximum atomic E-state index is 12.0. The Balaban J connectivity index is 1.60. The van der Waals surface area contributed by atoms with Gasteiger partial charge in [-0.2, -0.15) is 0 Å². The first-order valence-corrected chi connectivity index (χ1v) is 10.7. The highest BCUT2D eigenvalue weighted by molar-refractivity contribution is 5.86. The number of carbonyl (C=O) groups excluding carboxylic acids is 1. The van der Waals surface area contributed by atoms with Crippen LogP contribution in [0.15, 0.2) is 6.07 Å². The van der Waals surface area contributed by atoms with E-state index < -0.39 is 0 Å². The van der Waals surface area contributed by atoms with Crippen molar-refractivity contribution >= 4 is 22.9 Å². The van der Waals surface area contributed by atoms with Gasteiger partial charge in [0.25, 0.3) is 0 Å². The van der Waals surface area contributed by atoms with Gasteiger partial charge in [-0.25, -0.2) is 14.8 Å². The van der Waals surface area contributed by atoms with Crippen molar-refractivity contribution in [2.24, 2.45) is 5.92 Å². The molecule has 2 amide bonds. The quantitative estimate of drug-likeness (QED) is 0.596. The van der Waals surface area contributed by atoms with E-state index in [-0.39, 0.29) is 6.03 Å². The van der Waals surface area contributed by atoms with E-state index in [0.717, 1.165) is 22.6 Å². The molecule has 8 heteroatoms. The molecule has 2 aromatic heterocycles. The lowest BCUT2D eigenvalue weighted by molar-refractivity contribution is 0.126. The van der Waals surface area contributed by atoms with Gasteiger partial charge in [-0.1, -0.05) is 6.92 Å². The molecule has 2 aromatic rings. The Labute approximate surface area is 172 Å². The number of aromatic nitrogens is 3. The van der Waals surface area contributed by atoms with Gasteiger partial charge >= 0.3 is 6.03 Å². The first kappa shape index (κ1) is 21.4. The second kappa shape index (κ2) is 9.43. The van der Waals surface area contributed by atoms with Crippen molar-refractivity contribution in [1.29, 1.82) is 0 Å². The molecule has 3 rings (SSSR count). The zero-order chi connectivity index (χ0) is 21.0. The number of imidazole rings is 1. The van der Waals surface area contributed by atoms with Crippen molar-refractivity contribution in [2.75, 3.05) is 38.6 Å². The van der Waals surface area contributed by atoms with E-state index in [1.165, 1.54) is 12.8 Å². The van der Waals surface area contributed by atoms with Crippen LogP contribution in [0.3, 0.4) is 0 Å². The second-order valence-corrected chi connectivity index (χ2v) is 7.78. The molecule has 1 aliphatic carbocycles. The predicted octanol–water partition coefficient (Wildman–Crippen LogP) is 2.90. The summed E-state index contributed by atoms with van der Waals surface area (Å²) in [4.78, 5) is 22.9. The first-order valence-electron chi connectivity index (χ1n) is 10.7. The van der Waals surface area contributed by atoms with Crippen LogP contribution >= 0.6 is 0 Å². The largest absolute Gasteiger partial charge is 0.382 e. The van der Waals surface area contributed by atoms with Gasteiger partial charge in [0.2, 0.25) is 0 Å². The normalized spacial score (nSPS) is 14.9. The van der Waals surface area contributed by atoms with Crippen LogP contribution in [0.2, 0.25) is 0 Å². The summed E-state index contributed by atoms with van der Waals surface area (Å²) in [7, 11) is 0. The SMILES string of the molecule is CCN(CC)C(=O)NCCOCCn1c(C(C)C2CC2)nc2c(N)nc(C)cc21. The number of nitrogens with two attached hydrogens (primary N) is 1. The summed E-state index contributed by atoms with van der Waals surface area (Å²) in [6.07, 6.45) is 2.53. The molecule has 2 heterocycles. The zero-order valence-corrected chi connectivity index (χ0v) is 18.1. The third-order valence-corrected chi connectivity index (χ3v) is 5.69. The van der Waals surface area contributed by atoms with E-state index >= 15 is 0 Å². The number of hydrogen-bond donors (Lipinski definition) is 2. The van der Waals surface area contributed by atoms with Crippen LogP contribution in [0, 0.1) is 12.8 Å². The number of urea groups is 1. The lowest BCUT2D eigenvalue weighted by Gasteiger charge is -2.19. The Bertz CT molecular complexity index is 841. The molecule has 1 fully saturated rings. The van der Waals surface area contributed by atoms with E-state index in [1.54, 1.807) is 4.90 Å². The maximum absolute atomic E-state index is 12.0. The van der Waals surface area contributed by atoms with Crippen molar-refractivity contribution in [3.8, 4) is 0 Å². The standard InChI is InChI=1S/C21H34N6O2/c1-5-26(6-2)21(28)23-9-11-29-12-10-27-17-13-14(3)24-19(22)18(17)25-20(27)15(4)16-7-8-16/h13,15-16H,5-12H2,1-4H3,(H2,22,24)(H,23,28). The summed E-state index contributed by atoms with van der Waals surface area (Å²) in [5.74, 6) is 2.66. The van der Waals surface area contributed by atoms with Crippen LogP contribution < -0.4 is 11.1 Å². The number of amides is 2. The number of pyridine rings is 1. The molecule has 8 nitrogen and oxygen atoms in total. The van der Waals surface area contributed by atoms with E-state index in [4.69, 9.17) is 15.5 Å². The minimum atomic E-state index is -0.0433. The van der Waals surface area contributed by atoms with Crippen LogP contribution in [0.4, 0.5) is 10.6 Å². The molecule has 0 radical (unpaired) electrons. The number of hydrogen-bond acceptors (Lipinski definition) is 5. The summed E-state index contributed by atoms with van der Waals surface area (Å²) in [6, 6.07) is 2.00. The van der Waals surface area contributed by atoms with Gasteiger partial charge in [-0.3, -0.25) is 0 Å². The van der Waals surface area contributed by atoms with Crippen LogP contribution in [-0.2, 0) is 11.3 Å². The molecule has 160 valence electrons. The van der Waals surface area contributed by atoms with Gasteiger partial charge in [0, 0.05) is 37.8 Å².